The minimum atomic E-state index is -0.574. The Morgan fingerprint density at radius 1 is 1.53 bits per heavy atom. The lowest BCUT2D eigenvalue weighted by Crippen LogP contribution is -2.37. The summed E-state index contributed by atoms with van der Waals surface area (Å²) in [5.41, 5.74) is 0.0955. The highest BCUT2D eigenvalue weighted by molar-refractivity contribution is 5.89. The third kappa shape index (κ3) is 4.11. The summed E-state index contributed by atoms with van der Waals surface area (Å²) in [7, 11) is 0. The molecule has 4 nitrogen and oxygen atoms in total. The highest BCUT2D eigenvalue weighted by atomic mass is 19.1. The van der Waals surface area contributed by atoms with Crippen molar-refractivity contribution >= 4 is 11.7 Å². The van der Waals surface area contributed by atoms with Gasteiger partial charge in [0.25, 0.3) is 0 Å². The van der Waals surface area contributed by atoms with Crippen LogP contribution in [0.3, 0.4) is 0 Å². The molecule has 5 heteroatoms. The number of benzene rings is 1. The van der Waals surface area contributed by atoms with E-state index in [4.69, 9.17) is 5.26 Å². The van der Waals surface area contributed by atoms with Crippen LogP contribution in [-0.4, -0.2) is 12.1 Å². The number of nitrogens with zero attached hydrogens (tertiary/aromatic N) is 1. The molecule has 90 valence electrons. The molecule has 1 atom stereocenters. The van der Waals surface area contributed by atoms with Crippen LogP contribution >= 0.6 is 0 Å². The Morgan fingerprint density at radius 2 is 2.24 bits per heavy atom. The molecule has 0 spiro atoms. The van der Waals surface area contributed by atoms with Crippen molar-refractivity contribution < 1.29 is 9.18 Å². The molecule has 0 aliphatic rings. The summed E-state index contributed by atoms with van der Waals surface area (Å²) >= 11 is 0. The van der Waals surface area contributed by atoms with Gasteiger partial charge in [0.05, 0.1) is 11.8 Å². The Hall–Kier alpha value is -2.09. The zero-order valence-electron chi connectivity index (χ0n) is 9.53. The predicted octanol–water partition coefficient (Wildman–Crippen LogP) is 2.64. The third-order valence-corrected chi connectivity index (χ3v) is 2.16. The third-order valence-electron chi connectivity index (χ3n) is 2.16. The Labute approximate surface area is 99.4 Å². The van der Waals surface area contributed by atoms with Crippen molar-refractivity contribution in [3.63, 3.8) is 0 Å². The van der Waals surface area contributed by atoms with E-state index >= 15 is 0 Å². The number of amides is 2. The molecule has 0 heterocycles. The lowest BCUT2D eigenvalue weighted by Gasteiger charge is -2.11. The molecule has 0 aliphatic heterocycles. The van der Waals surface area contributed by atoms with Gasteiger partial charge in [0.2, 0.25) is 0 Å². The fourth-order valence-corrected chi connectivity index (χ4v) is 1.34. The molecular weight excluding hydrogens is 221 g/mol. The van der Waals surface area contributed by atoms with Crippen LogP contribution in [0.4, 0.5) is 14.9 Å². The first kappa shape index (κ1) is 13.0. The van der Waals surface area contributed by atoms with E-state index in [9.17, 15) is 9.18 Å². The van der Waals surface area contributed by atoms with Crippen molar-refractivity contribution in [3.8, 4) is 6.07 Å². The zero-order valence-corrected chi connectivity index (χ0v) is 9.53. The maximum Gasteiger partial charge on any atom is 0.320 e. The standard InChI is InChI=1S/C12H14FN3O/c1-2-5-9(8-14)15-12(17)16-11-7-4-3-6-10(11)13/h3-4,6-7,9H,2,5H2,1H3,(H2,15,16,17). The van der Waals surface area contributed by atoms with E-state index in [1.54, 1.807) is 6.07 Å². The van der Waals surface area contributed by atoms with Crippen molar-refractivity contribution in [2.75, 3.05) is 5.32 Å². The van der Waals surface area contributed by atoms with Crippen molar-refractivity contribution in [1.82, 2.24) is 5.32 Å². The molecule has 2 amide bonds. The fourth-order valence-electron chi connectivity index (χ4n) is 1.34. The normalized spacial score (nSPS) is 11.4. The predicted molar refractivity (Wildman–Crippen MR) is 62.9 cm³/mol. The number of carbonyl (C=O) groups is 1. The number of halogens is 1. The van der Waals surface area contributed by atoms with Crippen LogP contribution in [0.5, 0.6) is 0 Å². The second-order valence-electron chi connectivity index (χ2n) is 3.55. The maximum absolute atomic E-state index is 13.2. The van der Waals surface area contributed by atoms with Gasteiger partial charge in [0.15, 0.2) is 0 Å². The number of nitriles is 1. The molecule has 1 aromatic carbocycles. The molecule has 0 saturated carbocycles. The molecule has 2 N–H and O–H groups in total. The van der Waals surface area contributed by atoms with Crippen LogP contribution in [0.15, 0.2) is 24.3 Å². The number of para-hydroxylation sites is 1. The van der Waals surface area contributed by atoms with Crippen LogP contribution in [0.2, 0.25) is 0 Å². The summed E-state index contributed by atoms with van der Waals surface area (Å²) in [6, 6.07) is 6.71. The summed E-state index contributed by atoms with van der Waals surface area (Å²) in [5.74, 6) is -0.508. The molecule has 0 aromatic heterocycles. The molecule has 0 fully saturated rings. The quantitative estimate of drug-likeness (QED) is 0.842. The molecular formula is C12H14FN3O. The van der Waals surface area contributed by atoms with Gasteiger partial charge in [-0.1, -0.05) is 25.5 Å². The molecule has 0 aliphatic carbocycles. The number of nitrogens with one attached hydrogen (secondary N) is 2. The van der Waals surface area contributed by atoms with Crippen LogP contribution in [0.25, 0.3) is 0 Å². The number of hydrogen-bond donors (Lipinski definition) is 2. The fraction of sp³-hybridized carbons (Fsp3) is 0.333. The van der Waals surface area contributed by atoms with Crippen molar-refractivity contribution in [2.24, 2.45) is 0 Å². The average Bonchev–Trinajstić information content (AvgIpc) is 2.31. The van der Waals surface area contributed by atoms with E-state index in [-0.39, 0.29) is 5.69 Å². The van der Waals surface area contributed by atoms with Crippen molar-refractivity contribution in [3.05, 3.63) is 30.1 Å². The summed E-state index contributed by atoms with van der Waals surface area (Å²) in [5, 5.41) is 13.6. The topological polar surface area (TPSA) is 64.9 Å². The van der Waals surface area contributed by atoms with E-state index in [0.29, 0.717) is 6.42 Å². The molecule has 1 aromatic rings. The average molecular weight is 235 g/mol. The van der Waals surface area contributed by atoms with Gasteiger partial charge in [-0.3, -0.25) is 0 Å². The lowest BCUT2D eigenvalue weighted by atomic mass is 10.2. The Kier molecular flexibility index (Phi) is 4.95. The van der Waals surface area contributed by atoms with E-state index in [0.717, 1.165) is 6.42 Å². The molecule has 1 unspecified atom stereocenters. The van der Waals surface area contributed by atoms with Gasteiger partial charge in [-0.25, -0.2) is 9.18 Å². The van der Waals surface area contributed by atoms with E-state index in [2.05, 4.69) is 10.6 Å². The first-order valence-corrected chi connectivity index (χ1v) is 5.39. The molecule has 1 rings (SSSR count). The van der Waals surface area contributed by atoms with E-state index in [1.807, 2.05) is 13.0 Å². The number of anilines is 1. The number of hydrogen-bond acceptors (Lipinski definition) is 2. The van der Waals surface area contributed by atoms with Gasteiger partial charge in [-0.2, -0.15) is 5.26 Å². The highest BCUT2D eigenvalue weighted by Gasteiger charge is 2.11. The first-order chi connectivity index (χ1) is 8.17. The van der Waals surface area contributed by atoms with Gasteiger partial charge in [-0.05, 0) is 18.6 Å². The molecule has 0 radical (unpaired) electrons. The summed E-state index contributed by atoms with van der Waals surface area (Å²) in [6.45, 7) is 1.92. The Bertz CT molecular complexity index is 428. The van der Waals surface area contributed by atoms with Crippen LogP contribution in [0, 0.1) is 17.1 Å². The molecule has 0 saturated heterocycles. The summed E-state index contributed by atoms with van der Waals surface area (Å²) in [4.78, 5) is 11.5. The van der Waals surface area contributed by atoms with Crippen LogP contribution < -0.4 is 10.6 Å². The van der Waals surface area contributed by atoms with Crippen LogP contribution in [-0.2, 0) is 0 Å². The second kappa shape index (κ2) is 6.48. The number of urea groups is 1. The van der Waals surface area contributed by atoms with E-state index < -0.39 is 17.9 Å². The minimum absolute atomic E-state index is 0.0955. The minimum Gasteiger partial charge on any atom is -0.322 e. The second-order valence-corrected chi connectivity index (χ2v) is 3.55. The summed E-state index contributed by atoms with van der Waals surface area (Å²) in [6.07, 6.45) is 1.36. The smallest absolute Gasteiger partial charge is 0.320 e. The van der Waals surface area contributed by atoms with Gasteiger partial charge in [0.1, 0.15) is 11.9 Å². The van der Waals surface area contributed by atoms with Crippen LogP contribution in [0.1, 0.15) is 19.8 Å². The number of rotatable bonds is 4. The van der Waals surface area contributed by atoms with Gasteiger partial charge < -0.3 is 10.6 Å². The van der Waals surface area contributed by atoms with Gasteiger partial charge >= 0.3 is 6.03 Å². The van der Waals surface area contributed by atoms with Crippen molar-refractivity contribution in [1.29, 1.82) is 5.26 Å². The van der Waals surface area contributed by atoms with Crippen molar-refractivity contribution in [2.45, 2.75) is 25.8 Å². The highest BCUT2D eigenvalue weighted by Crippen LogP contribution is 2.11. The zero-order chi connectivity index (χ0) is 12.7. The number of carbonyl (C=O) groups excluding carboxylic acids is 1. The summed E-state index contributed by atoms with van der Waals surface area (Å²) < 4.78 is 13.2. The van der Waals surface area contributed by atoms with Gasteiger partial charge in [-0.15, -0.1) is 0 Å². The largest absolute Gasteiger partial charge is 0.322 e. The Morgan fingerprint density at radius 3 is 2.82 bits per heavy atom. The monoisotopic (exact) mass is 235 g/mol. The molecule has 17 heavy (non-hydrogen) atoms. The van der Waals surface area contributed by atoms with Gasteiger partial charge in [0, 0.05) is 0 Å². The molecule has 0 bridgehead atoms. The maximum atomic E-state index is 13.2. The van der Waals surface area contributed by atoms with E-state index in [1.165, 1.54) is 18.2 Å². The first-order valence-electron chi connectivity index (χ1n) is 5.39. The lowest BCUT2D eigenvalue weighted by molar-refractivity contribution is 0.250. The Balaban J connectivity index is 2.56. The SMILES string of the molecule is CCCC(C#N)NC(=O)Nc1ccccc1F.